The fourth-order valence-electron chi connectivity index (χ4n) is 3.67. The smallest absolute Gasteiger partial charge is 0.317 e. The number of carboxylic acids is 1. The van der Waals surface area contributed by atoms with E-state index in [1.165, 1.54) is 0 Å². The van der Waals surface area contributed by atoms with Crippen LogP contribution in [0.2, 0.25) is 0 Å². The van der Waals surface area contributed by atoms with E-state index in [2.05, 4.69) is 5.32 Å². The average molecular weight is 282 g/mol. The van der Waals surface area contributed by atoms with E-state index in [0.29, 0.717) is 24.9 Å². The van der Waals surface area contributed by atoms with Crippen LogP contribution >= 0.6 is 0 Å². The number of urea groups is 1. The number of aliphatic hydroxyl groups is 1. The Hall–Kier alpha value is -1.30. The van der Waals surface area contributed by atoms with Crippen LogP contribution in [-0.2, 0) is 4.79 Å². The minimum Gasteiger partial charge on any atom is -0.481 e. The third kappa shape index (κ3) is 2.75. The van der Waals surface area contributed by atoms with Crippen molar-refractivity contribution < 1.29 is 19.8 Å². The average Bonchev–Trinajstić information content (AvgIpc) is 3.05. The molecule has 20 heavy (non-hydrogen) atoms. The van der Waals surface area contributed by atoms with Crippen molar-refractivity contribution in [3.63, 3.8) is 0 Å². The van der Waals surface area contributed by atoms with Gasteiger partial charge in [-0.15, -0.1) is 0 Å². The van der Waals surface area contributed by atoms with Crippen LogP contribution in [0.25, 0.3) is 0 Å². The van der Waals surface area contributed by atoms with Crippen LogP contribution < -0.4 is 5.32 Å². The summed E-state index contributed by atoms with van der Waals surface area (Å²) in [5, 5.41) is 21.6. The molecule has 1 heterocycles. The van der Waals surface area contributed by atoms with Gasteiger partial charge in [0.2, 0.25) is 0 Å². The molecule has 112 valence electrons. The van der Waals surface area contributed by atoms with E-state index in [9.17, 15) is 14.7 Å². The van der Waals surface area contributed by atoms with Crippen molar-refractivity contribution in [3.05, 3.63) is 0 Å². The molecular weight excluding hydrogens is 260 g/mol. The third-order valence-corrected chi connectivity index (χ3v) is 5.00. The summed E-state index contributed by atoms with van der Waals surface area (Å²) in [6, 6.07) is -0.407. The first-order chi connectivity index (χ1) is 9.54. The Kier molecular flexibility index (Phi) is 3.58. The van der Waals surface area contributed by atoms with Gasteiger partial charge in [-0.05, 0) is 37.5 Å². The third-order valence-electron chi connectivity index (χ3n) is 5.00. The number of carbonyl (C=O) groups excluding carboxylic acids is 1. The molecule has 0 spiro atoms. The minimum absolute atomic E-state index is 0.000269. The molecule has 0 aromatic carbocycles. The number of amides is 2. The number of nitrogens with one attached hydrogen (secondary N) is 1. The molecule has 2 saturated carbocycles. The number of hydrogen-bond donors (Lipinski definition) is 3. The highest BCUT2D eigenvalue weighted by Crippen LogP contribution is 2.38. The largest absolute Gasteiger partial charge is 0.481 e. The molecule has 3 rings (SSSR count). The SMILES string of the molecule is O=C(O)CC(NC(=O)N1CC2CCC(O)C2C1)C1CC1. The summed E-state index contributed by atoms with van der Waals surface area (Å²) in [5.74, 6) is 0.0767. The molecule has 3 N–H and O–H groups in total. The number of fused-ring (bicyclic) bond motifs is 1. The lowest BCUT2D eigenvalue weighted by atomic mass is 10.00. The Morgan fingerprint density at radius 1 is 1.20 bits per heavy atom. The number of hydrogen-bond acceptors (Lipinski definition) is 3. The summed E-state index contributed by atoms with van der Waals surface area (Å²) in [6.45, 7) is 1.29. The molecule has 4 unspecified atom stereocenters. The highest BCUT2D eigenvalue weighted by atomic mass is 16.4. The zero-order chi connectivity index (χ0) is 14.3. The summed E-state index contributed by atoms with van der Waals surface area (Å²) in [7, 11) is 0. The lowest BCUT2D eigenvalue weighted by Crippen LogP contribution is -2.46. The minimum atomic E-state index is -0.865. The number of carbonyl (C=O) groups is 2. The van der Waals surface area contributed by atoms with Crippen molar-refractivity contribution in [2.75, 3.05) is 13.1 Å². The maximum atomic E-state index is 12.2. The second-order valence-corrected chi connectivity index (χ2v) is 6.46. The lowest BCUT2D eigenvalue weighted by Gasteiger charge is -2.23. The quantitative estimate of drug-likeness (QED) is 0.706. The van der Waals surface area contributed by atoms with Crippen LogP contribution in [0.5, 0.6) is 0 Å². The topological polar surface area (TPSA) is 89.9 Å². The molecule has 3 fully saturated rings. The van der Waals surface area contributed by atoms with Crippen molar-refractivity contribution in [1.29, 1.82) is 0 Å². The van der Waals surface area contributed by atoms with Gasteiger partial charge < -0.3 is 20.4 Å². The molecule has 6 heteroatoms. The Morgan fingerprint density at radius 2 is 1.95 bits per heavy atom. The van der Waals surface area contributed by atoms with Gasteiger partial charge in [0.15, 0.2) is 0 Å². The van der Waals surface area contributed by atoms with Gasteiger partial charge in [0.1, 0.15) is 0 Å². The zero-order valence-corrected chi connectivity index (χ0v) is 11.5. The number of likely N-dealkylation sites (tertiary alicyclic amines) is 1. The van der Waals surface area contributed by atoms with Crippen LogP contribution in [0.1, 0.15) is 32.1 Å². The molecule has 6 nitrogen and oxygen atoms in total. The molecule has 2 amide bonds. The second-order valence-electron chi connectivity index (χ2n) is 6.46. The van der Waals surface area contributed by atoms with Crippen LogP contribution in [0.15, 0.2) is 0 Å². The second kappa shape index (κ2) is 5.24. The van der Waals surface area contributed by atoms with Gasteiger partial charge in [-0.25, -0.2) is 4.79 Å². The number of rotatable bonds is 4. The standard InChI is InChI=1S/C14H22N2O4/c17-12-4-3-9-6-16(7-10(9)12)14(20)15-11(5-13(18)19)8-1-2-8/h8-12,17H,1-7H2,(H,15,20)(H,18,19). The lowest BCUT2D eigenvalue weighted by molar-refractivity contribution is -0.137. The van der Waals surface area contributed by atoms with Gasteiger partial charge in [-0.3, -0.25) is 4.79 Å². The zero-order valence-electron chi connectivity index (χ0n) is 11.5. The molecule has 1 saturated heterocycles. The first-order valence-corrected chi connectivity index (χ1v) is 7.50. The molecule has 1 aliphatic heterocycles. The van der Waals surface area contributed by atoms with Crippen molar-refractivity contribution in [3.8, 4) is 0 Å². The molecule has 0 aromatic rings. The Morgan fingerprint density at radius 3 is 2.55 bits per heavy atom. The van der Waals surface area contributed by atoms with Crippen LogP contribution in [0.3, 0.4) is 0 Å². The van der Waals surface area contributed by atoms with Crippen LogP contribution in [0, 0.1) is 17.8 Å². The molecule has 0 bridgehead atoms. The molecule has 3 aliphatic rings. The number of aliphatic carboxylic acids is 1. The maximum absolute atomic E-state index is 12.2. The van der Waals surface area contributed by atoms with Gasteiger partial charge in [0, 0.05) is 25.0 Å². The van der Waals surface area contributed by atoms with E-state index in [0.717, 1.165) is 25.7 Å². The molecule has 4 atom stereocenters. The summed E-state index contributed by atoms with van der Waals surface area (Å²) in [6.07, 6.45) is 3.55. The van der Waals surface area contributed by atoms with Gasteiger partial charge in [-0.2, -0.15) is 0 Å². The Labute approximate surface area is 118 Å². The van der Waals surface area contributed by atoms with Crippen LogP contribution in [-0.4, -0.2) is 52.3 Å². The van der Waals surface area contributed by atoms with Gasteiger partial charge in [-0.1, -0.05) is 0 Å². The molecule has 2 aliphatic carbocycles. The summed E-state index contributed by atoms with van der Waals surface area (Å²) in [4.78, 5) is 24.8. The van der Waals surface area contributed by atoms with Gasteiger partial charge in [0.25, 0.3) is 0 Å². The summed E-state index contributed by atoms with van der Waals surface area (Å²) < 4.78 is 0. The van der Waals surface area contributed by atoms with E-state index >= 15 is 0 Å². The molecule has 0 radical (unpaired) electrons. The number of aliphatic hydroxyl groups excluding tert-OH is 1. The van der Waals surface area contributed by atoms with E-state index in [4.69, 9.17) is 5.11 Å². The highest BCUT2D eigenvalue weighted by Gasteiger charge is 2.44. The first-order valence-electron chi connectivity index (χ1n) is 7.50. The van der Waals surface area contributed by atoms with E-state index in [1.54, 1.807) is 4.90 Å². The molecular formula is C14H22N2O4. The van der Waals surface area contributed by atoms with Gasteiger partial charge in [0.05, 0.1) is 12.5 Å². The molecule has 0 aromatic heterocycles. The van der Waals surface area contributed by atoms with Gasteiger partial charge >= 0.3 is 12.0 Å². The summed E-state index contributed by atoms with van der Waals surface area (Å²) in [5.41, 5.74) is 0. The van der Waals surface area contributed by atoms with Crippen molar-refractivity contribution in [1.82, 2.24) is 10.2 Å². The normalized spacial score (nSPS) is 33.9. The first kappa shape index (κ1) is 13.7. The summed E-state index contributed by atoms with van der Waals surface area (Å²) >= 11 is 0. The van der Waals surface area contributed by atoms with E-state index in [1.807, 2.05) is 0 Å². The predicted molar refractivity (Wildman–Crippen MR) is 71.1 cm³/mol. The number of carboxylic acid groups (broad SMARTS) is 1. The van der Waals surface area contributed by atoms with Crippen molar-refractivity contribution in [2.45, 2.75) is 44.2 Å². The Balaban J connectivity index is 1.55. The van der Waals surface area contributed by atoms with Crippen molar-refractivity contribution in [2.24, 2.45) is 17.8 Å². The van der Waals surface area contributed by atoms with E-state index in [-0.39, 0.29) is 30.5 Å². The fourth-order valence-corrected chi connectivity index (χ4v) is 3.67. The van der Waals surface area contributed by atoms with E-state index < -0.39 is 5.97 Å². The van der Waals surface area contributed by atoms with Crippen molar-refractivity contribution >= 4 is 12.0 Å². The monoisotopic (exact) mass is 282 g/mol. The highest BCUT2D eigenvalue weighted by molar-refractivity contribution is 5.76. The predicted octanol–water partition coefficient (Wildman–Crippen LogP) is 0.652. The number of nitrogens with zero attached hydrogens (tertiary/aromatic N) is 1. The van der Waals surface area contributed by atoms with Crippen LogP contribution in [0.4, 0.5) is 4.79 Å². The maximum Gasteiger partial charge on any atom is 0.317 e. The Bertz CT molecular complexity index is 410. The fraction of sp³-hybridized carbons (Fsp3) is 0.857.